The fraction of sp³-hybridized carbons (Fsp3) is 0.333. The number of rotatable bonds is 2. The van der Waals surface area contributed by atoms with E-state index in [-0.39, 0.29) is 28.6 Å². The average Bonchev–Trinajstić information content (AvgIpc) is 2.15. The molecule has 0 saturated heterocycles. The van der Waals surface area contributed by atoms with Gasteiger partial charge in [0.05, 0.1) is 12.3 Å². The number of hydrogen-bond acceptors (Lipinski definition) is 4. The molecule has 0 spiro atoms. The summed E-state index contributed by atoms with van der Waals surface area (Å²) in [5, 5.41) is -0.240. The Balaban J connectivity index is 3.34. The van der Waals surface area contributed by atoms with Crippen molar-refractivity contribution >= 4 is 23.3 Å². The summed E-state index contributed by atoms with van der Waals surface area (Å²) in [5.74, 6) is -0.723. The van der Waals surface area contributed by atoms with E-state index < -0.39 is 12.8 Å². The van der Waals surface area contributed by atoms with Crippen molar-refractivity contribution in [2.75, 3.05) is 12.3 Å². The summed E-state index contributed by atoms with van der Waals surface area (Å²) in [6.45, 7) is -0.747. The second kappa shape index (κ2) is 4.28. The normalized spacial score (nSPS) is 14.0. The first-order valence-electron chi connectivity index (χ1n) is 5.40. The van der Waals surface area contributed by atoms with Gasteiger partial charge < -0.3 is 10.5 Å². The Bertz CT molecular complexity index is 449. The van der Waals surface area contributed by atoms with E-state index in [9.17, 15) is 4.79 Å². The molecule has 0 radical (unpaired) electrons. The number of nitrogen functional groups attached to an aromatic ring is 1. The average molecular weight is 218 g/mol. The molecule has 0 bridgehead atoms. The lowest BCUT2D eigenvalue weighted by Gasteiger charge is -2.07. The highest BCUT2D eigenvalue weighted by atomic mass is 35.5. The van der Waals surface area contributed by atoms with E-state index in [1.54, 1.807) is 6.92 Å². The minimum Gasteiger partial charge on any atom is -0.462 e. The topological polar surface area (TPSA) is 65.2 Å². The Morgan fingerprint density at radius 1 is 1.86 bits per heavy atom. The Kier molecular flexibility index (Phi) is 2.16. The van der Waals surface area contributed by atoms with Crippen LogP contribution < -0.4 is 5.73 Å². The van der Waals surface area contributed by atoms with Gasteiger partial charge in [0, 0.05) is 15.9 Å². The third kappa shape index (κ3) is 1.96. The van der Waals surface area contributed by atoms with Crippen LogP contribution in [0, 0.1) is 6.85 Å². The largest absolute Gasteiger partial charge is 0.462 e. The summed E-state index contributed by atoms with van der Waals surface area (Å²) in [7, 11) is 0. The van der Waals surface area contributed by atoms with Gasteiger partial charge in [-0.1, -0.05) is 11.6 Å². The predicted octanol–water partition coefficient (Wildman–Crippen LogP) is 1.80. The van der Waals surface area contributed by atoms with Crippen molar-refractivity contribution in [2.24, 2.45) is 0 Å². The highest BCUT2D eigenvalue weighted by Gasteiger charge is 2.14. The Morgan fingerprint density at radius 2 is 2.57 bits per heavy atom. The third-order valence-corrected chi connectivity index (χ3v) is 1.85. The summed E-state index contributed by atoms with van der Waals surface area (Å²) in [6.07, 6.45) is 1.10. The van der Waals surface area contributed by atoms with Crippen LogP contribution in [0.1, 0.15) is 27.0 Å². The van der Waals surface area contributed by atoms with E-state index in [0.29, 0.717) is 0 Å². The second-order valence-corrected chi connectivity index (χ2v) is 2.83. The minimum absolute atomic E-state index is 0.0950. The molecule has 0 saturated carbocycles. The number of aromatic nitrogens is 1. The summed E-state index contributed by atoms with van der Waals surface area (Å²) in [6, 6.07) is 0. The van der Waals surface area contributed by atoms with Crippen molar-refractivity contribution in [1.29, 1.82) is 0 Å². The van der Waals surface area contributed by atoms with E-state index in [1.165, 1.54) is 0 Å². The smallest absolute Gasteiger partial charge is 0.341 e. The zero-order valence-electron chi connectivity index (χ0n) is 10.5. The zero-order chi connectivity index (χ0) is 13.2. The van der Waals surface area contributed by atoms with Gasteiger partial charge in [-0.05, 0) is 13.8 Å². The second-order valence-electron chi connectivity index (χ2n) is 2.47. The molecule has 1 aromatic rings. The van der Waals surface area contributed by atoms with E-state index in [4.69, 9.17) is 26.2 Å². The molecule has 4 nitrogen and oxygen atoms in total. The maximum Gasteiger partial charge on any atom is 0.341 e. The van der Waals surface area contributed by atoms with Crippen molar-refractivity contribution in [3.8, 4) is 0 Å². The summed E-state index contributed by atoms with van der Waals surface area (Å²) < 4.78 is 26.5. The van der Waals surface area contributed by atoms with E-state index in [0.717, 1.165) is 6.20 Å². The highest BCUT2D eigenvalue weighted by molar-refractivity contribution is 6.30. The predicted molar refractivity (Wildman–Crippen MR) is 54.4 cm³/mol. The van der Waals surface area contributed by atoms with Crippen LogP contribution in [0.4, 0.5) is 5.69 Å². The van der Waals surface area contributed by atoms with Crippen LogP contribution in [-0.2, 0) is 4.74 Å². The van der Waals surface area contributed by atoms with Crippen molar-refractivity contribution in [3.63, 3.8) is 0 Å². The lowest BCUT2D eigenvalue weighted by molar-refractivity contribution is 0.0527. The number of esters is 1. The molecule has 14 heavy (non-hydrogen) atoms. The number of hydrogen-bond donors (Lipinski definition) is 1. The summed E-state index contributed by atoms with van der Waals surface area (Å²) in [4.78, 5) is 15.1. The Labute approximate surface area is 91.2 Å². The highest BCUT2D eigenvalue weighted by Crippen LogP contribution is 2.22. The van der Waals surface area contributed by atoms with Crippen LogP contribution in [0.3, 0.4) is 0 Å². The molecule has 5 heteroatoms. The molecule has 76 valence electrons. The molecule has 0 aromatic carbocycles. The minimum atomic E-state index is -2.53. The van der Waals surface area contributed by atoms with Crippen molar-refractivity contribution in [3.05, 3.63) is 22.5 Å². The van der Waals surface area contributed by atoms with Crippen LogP contribution in [0.15, 0.2) is 6.20 Å². The Morgan fingerprint density at radius 3 is 3.14 bits per heavy atom. The van der Waals surface area contributed by atoms with Gasteiger partial charge >= 0.3 is 5.97 Å². The van der Waals surface area contributed by atoms with E-state index in [1.807, 2.05) is 0 Å². The maximum atomic E-state index is 11.5. The molecule has 0 atom stereocenters. The molecule has 1 heterocycles. The monoisotopic (exact) mass is 217 g/mol. The SMILES string of the molecule is [2H]C([2H])([2H])c1c(Cl)ncc(C(=O)OCC)c1N. The number of nitrogens with zero attached hydrogens (tertiary/aromatic N) is 1. The van der Waals surface area contributed by atoms with Gasteiger partial charge in [0.15, 0.2) is 0 Å². The lowest BCUT2D eigenvalue weighted by Crippen LogP contribution is -2.10. The van der Waals surface area contributed by atoms with E-state index >= 15 is 0 Å². The molecule has 2 N–H and O–H groups in total. The molecular formula is C9H11ClN2O2. The number of carbonyl (C=O) groups is 1. The quantitative estimate of drug-likeness (QED) is 0.606. The van der Waals surface area contributed by atoms with Gasteiger partial charge in [0.25, 0.3) is 0 Å². The van der Waals surface area contributed by atoms with Crippen molar-refractivity contribution < 1.29 is 13.6 Å². The standard InChI is InChI=1S/C9H11ClN2O2/c1-3-14-9(13)6-4-12-8(10)5(2)7(6)11/h4H,3H2,1-2H3,(H2,11,12)/i2D3. The molecule has 0 fully saturated rings. The van der Waals surface area contributed by atoms with Crippen molar-refractivity contribution in [1.82, 2.24) is 4.98 Å². The van der Waals surface area contributed by atoms with Crippen LogP contribution in [0.2, 0.25) is 5.15 Å². The first-order valence-corrected chi connectivity index (χ1v) is 4.28. The van der Waals surface area contributed by atoms with Crippen LogP contribution in [0.5, 0.6) is 0 Å². The summed E-state index contributed by atoms with van der Waals surface area (Å²) in [5.41, 5.74) is 4.97. The Hall–Kier alpha value is -1.29. The molecule has 1 aromatic heterocycles. The number of nitrogens with two attached hydrogens (primary N) is 1. The van der Waals surface area contributed by atoms with Crippen LogP contribution in [-0.4, -0.2) is 17.6 Å². The zero-order valence-corrected chi connectivity index (χ0v) is 8.26. The first kappa shape index (κ1) is 7.06. The number of carbonyl (C=O) groups excluding carboxylic acids is 1. The van der Waals surface area contributed by atoms with Gasteiger partial charge in [-0.2, -0.15) is 0 Å². The molecule has 0 amide bonds. The molecule has 0 aliphatic heterocycles. The molecule has 1 rings (SSSR count). The lowest BCUT2D eigenvalue weighted by atomic mass is 10.1. The van der Waals surface area contributed by atoms with Crippen LogP contribution in [0.25, 0.3) is 0 Å². The fourth-order valence-electron chi connectivity index (χ4n) is 0.873. The van der Waals surface area contributed by atoms with Crippen molar-refractivity contribution in [2.45, 2.75) is 13.8 Å². The third-order valence-electron chi connectivity index (χ3n) is 1.57. The number of anilines is 1. The van der Waals surface area contributed by atoms with Crippen LogP contribution >= 0.6 is 11.6 Å². The number of halogens is 1. The van der Waals surface area contributed by atoms with Gasteiger partial charge in [0.2, 0.25) is 0 Å². The number of ether oxygens (including phenoxy) is 1. The molecule has 0 unspecified atom stereocenters. The van der Waals surface area contributed by atoms with Gasteiger partial charge in [-0.25, -0.2) is 9.78 Å². The molecule has 0 aliphatic rings. The van der Waals surface area contributed by atoms with Gasteiger partial charge in [-0.3, -0.25) is 0 Å². The molecular weight excluding hydrogens is 204 g/mol. The van der Waals surface area contributed by atoms with Gasteiger partial charge in [0.1, 0.15) is 10.7 Å². The summed E-state index contributed by atoms with van der Waals surface area (Å²) >= 11 is 5.66. The molecule has 0 aliphatic carbocycles. The van der Waals surface area contributed by atoms with Gasteiger partial charge in [-0.15, -0.1) is 0 Å². The fourth-order valence-corrected chi connectivity index (χ4v) is 1.02. The van der Waals surface area contributed by atoms with E-state index in [2.05, 4.69) is 4.98 Å². The number of pyridine rings is 1. The first-order chi connectivity index (χ1) is 7.79. The maximum absolute atomic E-state index is 11.5.